The predicted molar refractivity (Wildman–Crippen MR) is 124 cm³/mol. The summed E-state index contributed by atoms with van der Waals surface area (Å²) in [4.78, 5) is 15.1. The van der Waals surface area contributed by atoms with Gasteiger partial charge in [0, 0.05) is 24.7 Å². The molecule has 0 fully saturated rings. The summed E-state index contributed by atoms with van der Waals surface area (Å²) in [5.41, 5.74) is 3.86. The summed E-state index contributed by atoms with van der Waals surface area (Å²) < 4.78 is 17.0. The molecule has 2 aromatic carbocycles. The van der Waals surface area contributed by atoms with E-state index in [0.717, 1.165) is 35.1 Å². The molecule has 0 heterocycles. The number of likely N-dealkylation sites (N-methyl/N-ethyl adjacent to an activating group) is 1. The van der Waals surface area contributed by atoms with E-state index in [1.54, 1.807) is 33.5 Å². The summed E-state index contributed by atoms with van der Waals surface area (Å²) in [5, 5.41) is 21.7. The van der Waals surface area contributed by atoms with E-state index in [1.165, 1.54) is 0 Å². The number of hydrogen-bond acceptors (Lipinski definition) is 8. The van der Waals surface area contributed by atoms with Crippen molar-refractivity contribution in [3.05, 3.63) is 45.6 Å². The van der Waals surface area contributed by atoms with Gasteiger partial charge in [-0.25, -0.2) is 0 Å². The lowest BCUT2D eigenvalue weighted by molar-refractivity contribution is 0.175. The Hall–Kier alpha value is -2.81. The van der Waals surface area contributed by atoms with Gasteiger partial charge >= 0.3 is 0 Å². The maximum atomic E-state index is 13.0. The Balaban J connectivity index is 2.35. The van der Waals surface area contributed by atoms with Gasteiger partial charge in [-0.05, 0) is 54.8 Å². The predicted octanol–water partition coefficient (Wildman–Crippen LogP) is 2.06. The number of nitrogens with one attached hydrogen (secondary N) is 1. The Bertz CT molecular complexity index is 1010. The molecule has 0 radical (unpaired) electrons. The number of aryl methyl sites for hydroxylation is 1. The number of hydrogen-bond donors (Lipinski definition) is 3. The quantitative estimate of drug-likeness (QED) is 0.540. The van der Waals surface area contributed by atoms with Crippen LogP contribution in [-0.2, 0) is 6.42 Å². The smallest absolute Gasteiger partial charge is 0.203 e. The first-order valence-corrected chi connectivity index (χ1v) is 10.7. The van der Waals surface area contributed by atoms with Crippen molar-refractivity contribution in [3.63, 3.8) is 0 Å². The molecule has 1 atom stereocenters. The minimum absolute atomic E-state index is 0.0206. The number of benzene rings is 1. The molecule has 0 aliphatic heterocycles. The van der Waals surface area contributed by atoms with E-state index in [9.17, 15) is 15.0 Å². The first-order valence-electron chi connectivity index (χ1n) is 10.7. The van der Waals surface area contributed by atoms with Crippen LogP contribution < -0.4 is 25.0 Å². The molecule has 3 rings (SSSR count). The average Bonchev–Trinajstić information content (AvgIpc) is 3.04. The van der Waals surface area contributed by atoms with Crippen LogP contribution in [0.25, 0.3) is 11.1 Å². The minimum atomic E-state index is -0.162. The summed E-state index contributed by atoms with van der Waals surface area (Å²) in [7, 11) is 6.70. The lowest BCUT2D eigenvalue weighted by Gasteiger charge is -2.27. The van der Waals surface area contributed by atoms with Crippen molar-refractivity contribution in [2.24, 2.45) is 0 Å². The molecular weight excluding hydrogens is 412 g/mol. The van der Waals surface area contributed by atoms with Crippen LogP contribution in [0, 0.1) is 0 Å². The van der Waals surface area contributed by atoms with Gasteiger partial charge in [0.2, 0.25) is 11.2 Å². The van der Waals surface area contributed by atoms with E-state index in [-0.39, 0.29) is 31.2 Å². The van der Waals surface area contributed by atoms with Crippen LogP contribution in [-0.4, -0.2) is 69.8 Å². The molecule has 1 aliphatic carbocycles. The number of fused-ring (bicyclic) bond motifs is 3. The zero-order valence-corrected chi connectivity index (χ0v) is 19.1. The molecule has 1 aliphatic rings. The van der Waals surface area contributed by atoms with E-state index in [2.05, 4.69) is 10.2 Å². The van der Waals surface area contributed by atoms with Crippen molar-refractivity contribution in [2.75, 3.05) is 60.0 Å². The molecule has 0 saturated carbocycles. The monoisotopic (exact) mass is 444 g/mol. The van der Waals surface area contributed by atoms with Crippen molar-refractivity contribution in [2.45, 2.75) is 18.9 Å². The van der Waals surface area contributed by atoms with Crippen molar-refractivity contribution in [3.8, 4) is 28.4 Å². The number of rotatable bonds is 9. The lowest BCUT2D eigenvalue weighted by Crippen LogP contribution is -2.28. The number of anilines is 1. The molecular formula is C24H32N2O6. The number of nitrogens with zero attached hydrogens (tertiary/aromatic N) is 1. The van der Waals surface area contributed by atoms with Crippen molar-refractivity contribution in [1.29, 1.82) is 0 Å². The zero-order valence-electron chi connectivity index (χ0n) is 19.1. The van der Waals surface area contributed by atoms with Crippen molar-refractivity contribution in [1.82, 2.24) is 4.90 Å². The minimum Gasteiger partial charge on any atom is -0.493 e. The van der Waals surface area contributed by atoms with Crippen LogP contribution in [0.3, 0.4) is 0 Å². The molecule has 32 heavy (non-hydrogen) atoms. The van der Waals surface area contributed by atoms with E-state index < -0.39 is 0 Å². The largest absolute Gasteiger partial charge is 0.493 e. The first kappa shape index (κ1) is 23.8. The fraction of sp³-hybridized carbons (Fsp3) is 0.458. The molecule has 0 unspecified atom stereocenters. The van der Waals surface area contributed by atoms with Crippen LogP contribution in [0.15, 0.2) is 29.1 Å². The lowest BCUT2D eigenvalue weighted by atomic mass is 9.95. The Labute approximate surface area is 188 Å². The maximum absolute atomic E-state index is 13.0. The van der Waals surface area contributed by atoms with Crippen LogP contribution in [0.5, 0.6) is 17.2 Å². The zero-order chi connectivity index (χ0) is 23.3. The third-order valence-corrected chi connectivity index (χ3v) is 5.92. The van der Waals surface area contributed by atoms with E-state index in [1.807, 2.05) is 19.2 Å². The number of ether oxygens (including phenoxy) is 3. The van der Waals surface area contributed by atoms with Crippen LogP contribution in [0.1, 0.15) is 23.6 Å². The van der Waals surface area contributed by atoms with Gasteiger partial charge in [0.1, 0.15) is 0 Å². The summed E-state index contributed by atoms with van der Waals surface area (Å²) >= 11 is 0. The molecule has 0 amide bonds. The van der Waals surface area contributed by atoms with Gasteiger partial charge in [-0.1, -0.05) is 6.07 Å². The molecule has 8 heteroatoms. The molecule has 8 nitrogen and oxygen atoms in total. The highest BCUT2D eigenvalue weighted by atomic mass is 16.5. The van der Waals surface area contributed by atoms with Crippen molar-refractivity contribution >= 4 is 5.69 Å². The Morgan fingerprint density at radius 2 is 1.81 bits per heavy atom. The summed E-state index contributed by atoms with van der Waals surface area (Å²) in [6, 6.07) is 7.18. The van der Waals surface area contributed by atoms with E-state index in [0.29, 0.717) is 29.5 Å². The fourth-order valence-corrected chi connectivity index (χ4v) is 4.40. The highest BCUT2D eigenvalue weighted by Crippen LogP contribution is 2.50. The molecule has 3 N–H and O–H groups in total. The second kappa shape index (κ2) is 10.7. The standard InChI is InChI=1S/C24H32N2O6/c1-26(10-12-28)19-8-5-15-13-21(30-2)23(31-3)24(32-4)22(15)16-6-7-18(25-9-11-27)20(29)14-17(16)19/h6-7,13-14,19,27-28H,5,8-12H2,1-4H3,(H,25,29)/t19-/m1/s1. The molecule has 174 valence electrons. The van der Waals surface area contributed by atoms with Gasteiger partial charge in [-0.3, -0.25) is 9.69 Å². The van der Waals surface area contributed by atoms with Crippen LogP contribution in [0.2, 0.25) is 0 Å². The molecule has 0 aromatic heterocycles. The van der Waals surface area contributed by atoms with Gasteiger partial charge in [-0.15, -0.1) is 0 Å². The summed E-state index contributed by atoms with van der Waals surface area (Å²) in [5.74, 6) is 1.63. The topological polar surface area (TPSA) is 100 Å². The average molecular weight is 445 g/mol. The fourth-order valence-electron chi connectivity index (χ4n) is 4.40. The first-order chi connectivity index (χ1) is 15.5. The molecule has 2 aromatic rings. The van der Waals surface area contributed by atoms with Crippen LogP contribution in [0.4, 0.5) is 5.69 Å². The van der Waals surface area contributed by atoms with Gasteiger partial charge < -0.3 is 29.7 Å². The molecule has 0 saturated heterocycles. The second-order valence-electron chi connectivity index (χ2n) is 7.71. The third-order valence-electron chi connectivity index (χ3n) is 5.92. The van der Waals surface area contributed by atoms with Crippen molar-refractivity contribution < 1.29 is 24.4 Å². The van der Waals surface area contributed by atoms with Gasteiger partial charge in [0.05, 0.1) is 40.2 Å². The van der Waals surface area contributed by atoms with E-state index in [4.69, 9.17) is 14.2 Å². The Morgan fingerprint density at radius 1 is 1.06 bits per heavy atom. The maximum Gasteiger partial charge on any atom is 0.203 e. The third kappa shape index (κ3) is 4.53. The van der Waals surface area contributed by atoms with E-state index >= 15 is 0 Å². The van der Waals surface area contributed by atoms with Gasteiger partial charge in [0.25, 0.3) is 0 Å². The number of aliphatic hydroxyl groups excluding tert-OH is 2. The summed E-state index contributed by atoms with van der Waals surface area (Å²) in [6.45, 7) is 0.704. The SMILES string of the molecule is COc1cc2c(c(OC)c1OC)-c1ccc(NCCO)c(=O)cc1[C@H](N(C)CCO)CC2. The number of aliphatic hydroxyl groups is 2. The highest BCUT2D eigenvalue weighted by molar-refractivity contribution is 5.83. The Morgan fingerprint density at radius 3 is 2.44 bits per heavy atom. The molecule has 0 bridgehead atoms. The highest BCUT2D eigenvalue weighted by Gasteiger charge is 2.30. The van der Waals surface area contributed by atoms with Crippen LogP contribution >= 0.6 is 0 Å². The van der Waals surface area contributed by atoms with Gasteiger partial charge in [0.15, 0.2) is 11.5 Å². The number of methoxy groups -OCH3 is 3. The Kier molecular flexibility index (Phi) is 7.95. The summed E-state index contributed by atoms with van der Waals surface area (Å²) in [6.07, 6.45) is 1.48. The normalized spacial score (nSPS) is 14.9. The molecule has 0 spiro atoms. The second-order valence-corrected chi connectivity index (χ2v) is 7.71. The van der Waals surface area contributed by atoms with Gasteiger partial charge in [-0.2, -0.15) is 0 Å².